The van der Waals surface area contributed by atoms with E-state index in [1.54, 1.807) is 27.3 Å². The molecule has 0 atom stereocenters. The number of benzene rings is 1. The van der Waals surface area contributed by atoms with Gasteiger partial charge in [0.05, 0.1) is 13.2 Å². The molecule has 17 heavy (non-hydrogen) atoms. The van der Waals surface area contributed by atoms with Crippen molar-refractivity contribution in [3.8, 4) is 11.5 Å². The van der Waals surface area contributed by atoms with E-state index in [2.05, 4.69) is 0 Å². The van der Waals surface area contributed by atoms with Crippen LogP contribution in [0.25, 0.3) is 0 Å². The molecule has 1 aromatic carbocycles. The molecule has 92 valence electrons. The Balaban J connectivity index is 2.38. The molecular formula is C13H17NO3. The number of ether oxygens (including phenoxy) is 2. The maximum Gasteiger partial charge on any atom is 0.260 e. The van der Waals surface area contributed by atoms with Gasteiger partial charge in [0, 0.05) is 14.1 Å². The average Bonchev–Trinajstić information content (AvgIpc) is 3.11. The maximum atomic E-state index is 12.1. The molecule has 1 aliphatic rings. The van der Waals surface area contributed by atoms with Crippen LogP contribution in [0, 0.1) is 0 Å². The van der Waals surface area contributed by atoms with Crippen molar-refractivity contribution in [1.29, 1.82) is 0 Å². The van der Waals surface area contributed by atoms with Gasteiger partial charge < -0.3 is 14.4 Å². The first-order valence-electron chi connectivity index (χ1n) is 5.68. The predicted molar refractivity (Wildman–Crippen MR) is 64.7 cm³/mol. The number of carbonyl (C=O) groups is 1. The topological polar surface area (TPSA) is 38.8 Å². The van der Waals surface area contributed by atoms with Crippen molar-refractivity contribution in [2.45, 2.75) is 18.9 Å². The van der Waals surface area contributed by atoms with E-state index in [0.717, 1.165) is 12.8 Å². The third-order valence-corrected chi connectivity index (χ3v) is 2.65. The van der Waals surface area contributed by atoms with E-state index in [1.165, 1.54) is 4.90 Å². The number of carbonyl (C=O) groups excluding carboxylic acids is 1. The second kappa shape index (κ2) is 4.65. The van der Waals surface area contributed by atoms with E-state index in [1.807, 2.05) is 12.1 Å². The summed E-state index contributed by atoms with van der Waals surface area (Å²) in [6, 6.07) is 5.43. The molecule has 0 aliphatic heterocycles. The highest BCUT2D eigenvalue weighted by molar-refractivity contribution is 5.99. The lowest BCUT2D eigenvalue weighted by atomic mass is 10.1. The SMILES string of the molecule is COc1cccc(OC2CC2)c1C(=O)N(C)C. The molecule has 0 aromatic heterocycles. The lowest BCUT2D eigenvalue weighted by molar-refractivity contribution is 0.0819. The van der Waals surface area contributed by atoms with Crippen molar-refractivity contribution in [2.75, 3.05) is 21.2 Å². The third kappa shape index (κ3) is 2.52. The molecule has 0 N–H and O–H groups in total. The Labute approximate surface area is 101 Å². The third-order valence-electron chi connectivity index (χ3n) is 2.65. The molecule has 0 unspecified atom stereocenters. The summed E-state index contributed by atoms with van der Waals surface area (Å²) in [6.07, 6.45) is 2.38. The lowest BCUT2D eigenvalue weighted by Crippen LogP contribution is -2.23. The number of hydrogen-bond donors (Lipinski definition) is 0. The van der Waals surface area contributed by atoms with Gasteiger partial charge in [-0.2, -0.15) is 0 Å². The van der Waals surface area contributed by atoms with E-state index in [4.69, 9.17) is 9.47 Å². The molecule has 4 heteroatoms. The first-order valence-corrected chi connectivity index (χ1v) is 5.68. The number of methoxy groups -OCH3 is 1. The molecule has 4 nitrogen and oxygen atoms in total. The van der Waals surface area contributed by atoms with Crippen molar-refractivity contribution in [3.63, 3.8) is 0 Å². The van der Waals surface area contributed by atoms with Crippen molar-refractivity contribution < 1.29 is 14.3 Å². The van der Waals surface area contributed by atoms with Crippen molar-refractivity contribution in [2.24, 2.45) is 0 Å². The summed E-state index contributed by atoms with van der Waals surface area (Å²) in [6.45, 7) is 0. The number of hydrogen-bond acceptors (Lipinski definition) is 3. The van der Waals surface area contributed by atoms with Crippen LogP contribution in [0.4, 0.5) is 0 Å². The highest BCUT2D eigenvalue weighted by Crippen LogP contribution is 2.34. The molecule has 0 saturated heterocycles. The molecule has 0 radical (unpaired) electrons. The zero-order valence-electron chi connectivity index (χ0n) is 10.4. The summed E-state index contributed by atoms with van der Waals surface area (Å²) in [5.74, 6) is 1.07. The van der Waals surface area contributed by atoms with Crippen molar-refractivity contribution in [3.05, 3.63) is 23.8 Å². The van der Waals surface area contributed by atoms with Crippen molar-refractivity contribution >= 4 is 5.91 Å². The van der Waals surface area contributed by atoms with Crippen molar-refractivity contribution in [1.82, 2.24) is 4.90 Å². The van der Waals surface area contributed by atoms with Crippen LogP contribution >= 0.6 is 0 Å². The van der Waals surface area contributed by atoms with Gasteiger partial charge in [0.15, 0.2) is 0 Å². The van der Waals surface area contributed by atoms with Crippen LogP contribution in [0.3, 0.4) is 0 Å². The largest absolute Gasteiger partial charge is 0.496 e. The smallest absolute Gasteiger partial charge is 0.260 e. The second-order valence-corrected chi connectivity index (χ2v) is 4.35. The van der Waals surface area contributed by atoms with Gasteiger partial charge in [-0.1, -0.05) is 6.07 Å². The van der Waals surface area contributed by atoms with E-state index in [9.17, 15) is 4.79 Å². The minimum atomic E-state index is -0.0990. The number of amides is 1. The highest BCUT2D eigenvalue weighted by atomic mass is 16.5. The first kappa shape index (κ1) is 11.8. The van der Waals surface area contributed by atoms with Crippen LogP contribution in [-0.4, -0.2) is 38.1 Å². The summed E-state index contributed by atoms with van der Waals surface area (Å²) < 4.78 is 11.0. The minimum Gasteiger partial charge on any atom is -0.496 e. The predicted octanol–water partition coefficient (Wildman–Crippen LogP) is 1.94. The molecular weight excluding hydrogens is 218 g/mol. The van der Waals surface area contributed by atoms with Gasteiger partial charge in [0.25, 0.3) is 5.91 Å². The molecule has 1 fully saturated rings. The number of rotatable bonds is 4. The van der Waals surface area contributed by atoms with Crippen LogP contribution in [-0.2, 0) is 0 Å². The molecule has 0 spiro atoms. The second-order valence-electron chi connectivity index (χ2n) is 4.35. The van der Waals surface area contributed by atoms with Gasteiger partial charge in [-0.25, -0.2) is 0 Å². The lowest BCUT2D eigenvalue weighted by Gasteiger charge is -2.17. The van der Waals surface area contributed by atoms with E-state index in [-0.39, 0.29) is 12.0 Å². The number of nitrogens with zero attached hydrogens (tertiary/aromatic N) is 1. The summed E-state index contributed by atoms with van der Waals surface area (Å²) in [7, 11) is 4.99. The molecule has 0 bridgehead atoms. The Bertz CT molecular complexity index is 425. The Kier molecular flexibility index (Phi) is 3.22. The molecule has 1 amide bonds. The fourth-order valence-corrected chi connectivity index (χ4v) is 1.58. The van der Waals surface area contributed by atoms with Gasteiger partial charge in [0.1, 0.15) is 17.1 Å². The fraction of sp³-hybridized carbons (Fsp3) is 0.462. The summed E-state index contributed by atoms with van der Waals surface area (Å²) in [4.78, 5) is 13.6. The summed E-state index contributed by atoms with van der Waals surface area (Å²) in [5.41, 5.74) is 0.506. The normalized spacial score (nSPS) is 14.3. The highest BCUT2D eigenvalue weighted by Gasteiger charge is 2.27. The quantitative estimate of drug-likeness (QED) is 0.800. The first-order chi connectivity index (χ1) is 8.13. The van der Waals surface area contributed by atoms with Crippen LogP contribution in [0.2, 0.25) is 0 Å². The standard InChI is InChI=1S/C13H17NO3/c1-14(2)13(15)12-10(16-3)5-4-6-11(12)17-9-7-8-9/h4-6,9H,7-8H2,1-3H3. The Hall–Kier alpha value is -1.71. The van der Waals surface area contributed by atoms with E-state index in [0.29, 0.717) is 17.1 Å². The molecule has 0 heterocycles. The molecule has 1 aromatic rings. The van der Waals surface area contributed by atoms with Crippen LogP contribution in [0.1, 0.15) is 23.2 Å². The molecule has 1 aliphatic carbocycles. The Morgan fingerprint density at radius 2 is 1.94 bits per heavy atom. The molecule has 2 rings (SSSR count). The Morgan fingerprint density at radius 3 is 2.47 bits per heavy atom. The van der Waals surface area contributed by atoms with Gasteiger partial charge >= 0.3 is 0 Å². The summed E-state index contributed by atoms with van der Waals surface area (Å²) in [5, 5.41) is 0. The summed E-state index contributed by atoms with van der Waals surface area (Å²) >= 11 is 0. The average molecular weight is 235 g/mol. The van der Waals surface area contributed by atoms with E-state index < -0.39 is 0 Å². The monoisotopic (exact) mass is 235 g/mol. The van der Waals surface area contributed by atoms with E-state index >= 15 is 0 Å². The fourth-order valence-electron chi connectivity index (χ4n) is 1.58. The van der Waals surface area contributed by atoms with Crippen LogP contribution in [0.5, 0.6) is 11.5 Å². The van der Waals surface area contributed by atoms with Gasteiger partial charge in [-0.3, -0.25) is 4.79 Å². The van der Waals surface area contributed by atoms with Crippen LogP contribution < -0.4 is 9.47 Å². The molecule has 1 saturated carbocycles. The zero-order valence-corrected chi connectivity index (χ0v) is 10.4. The van der Waals surface area contributed by atoms with Crippen LogP contribution in [0.15, 0.2) is 18.2 Å². The maximum absolute atomic E-state index is 12.1. The van der Waals surface area contributed by atoms with Gasteiger partial charge in [-0.15, -0.1) is 0 Å². The van der Waals surface area contributed by atoms with Gasteiger partial charge in [-0.05, 0) is 25.0 Å². The zero-order chi connectivity index (χ0) is 12.4. The Morgan fingerprint density at radius 1 is 1.29 bits per heavy atom. The minimum absolute atomic E-state index is 0.0990. The van der Waals surface area contributed by atoms with Gasteiger partial charge in [0.2, 0.25) is 0 Å².